The lowest BCUT2D eigenvalue weighted by Gasteiger charge is -2.15. The number of aromatic hydroxyl groups is 1. The molecular weight excluding hydrogens is 216 g/mol. The fraction of sp³-hybridized carbons (Fsp3) is 0.455. The molecule has 1 aromatic carbocycles. The highest BCUT2D eigenvalue weighted by Gasteiger charge is 2.71. The Morgan fingerprint density at radius 3 is 2.50 bits per heavy atom. The highest BCUT2D eigenvalue weighted by molar-refractivity contribution is 5.48. The van der Waals surface area contributed by atoms with Crippen molar-refractivity contribution in [2.75, 3.05) is 13.7 Å². The minimum Gasteiger partial charge on any atom is -0.504 e. The number of benzene rings is 1. The maximum absolute atomic E-state index is 13.3. The normalized spacial score (nSPS) is 26.5. The van der Waals surface area contributed by atoms with Gasteiger partial charge in [-0.05, 0) is 17.7 Å². The molecule has 2 rings (SSSR count). The average molecular weight is 229 g/mol. The van der Waals surface area contributed by atoms with Crippen LogP contribution in [0.15, 0.2) is 18.2 Å². The van der Waals surface area contributed by atoms with E-state index in [0.29, 0.717) is 5.56 Å². The third-order valence-electron chi connectivity index (χ3n) is 3.18. The van der Waals surface area contributed by atoms with Gasteiger partial charge in [-0.3, -0.25) is 0 Å². The van der Waals surface area contributed by atoms with Gasteiger partial charge in [0.1, 0.15) is 0 Å². The van der Waals surface area contributed by atoms with Gasteiger partial charge in [-0.1, -0.05) is 6.07 Å². The number of methoxy groups -OCH3 is 1. The lowest BCUT2D eigenvalue weighted by molar-refractivity contribution is 0.0895. The summed E-state index contributed by atoms with van der Waals surface area (Å²) in [4.78, 5) is 0. The Morgan fingerprint density at radius 1 is 1.50 bits per heavy atom. The molecular formula is C11H13F2NO2. The van der Waals surface area contributed by atoms with Crippen LogP contribution in [0.5, 0.6) is 11.5 Å². The van der Waals surface area contributed by atoms with E-state index in [4.69, 9.17) is 10.5 Å². The zero-order valence-corrected chi connectivity index (χ0v) is 8.84. The van der Waals surface area contributed by atoms with Crippen molar-refractivity contribution in [2.24, 2.45) is 5.73 Å². The summed E-state index contributed by atoms with van der Waals surface area (Å²) in [6.45, 7) is -0.133. The summed E-state index contributed by atoms with van der Waals surface area (Å²) in [5, 5.41) is 9.54. The van der Waals surface area contributed by atoms with Gasteiger partial charge in [-0.15, -0.1) is 0 Å². The van der Waals surface area contributed by atoms with Crippen LogP contribution in [0.4, 0.5) is 8.78 Å². The predicted octanol–water partition coefficient (Wildman–Crippen LogP) is 1.64. The van der Waals surface area contributed by atoms with Crippen LogP contribution in [0.25, 0.3) is 0 Å². The highest BCUT2D eigenvalue weighted by atomic mass is 19.3. The van der Waals surface area contributed by atoms with Crippen molar-refractivity contribution >= 4 is 0 Å². The molecule has 0 saturated heterocycles. The van der Waals surface area contributed by atoms with Crippen LogP contribution in [0.2, 0.25) is 0 Å². The predicted molar refractivity (Wildman–Crippen MR) is 55.0 cm³/mol. The van der Waals surface area contributed by atoms with Crippen LogP contribution < -0.4 is 10.5 Å². The number of phenols is 1. The van der Waals surface area contributed by atoms with Crippen LogP contribution in [-0.4, -0.2) is 24.7 Å². The molecule has 5 heteroatoms. The maximum atomic E-state index is 13.3. The first-order valence-electron chi connectivity index (χ1n) is 4.92. The van der Waals surface area contributed by atoms with Crippen LogP contribution in [0.3, 0.4) is 0 Å². The third-order valence-corrected chi connectivity index (χ3v) is 3.18. The summed E-state index contributed by atoms with van der Waals surface area (Å²) in [6, 6.07) is 4.29. The number of rotatable bonds is 3. The molecule has 1 atom stereocenters. The Labute approximate surface area is 91.8 Å². The molecule has 0 aromatic heterocycles. The Bertz CT molecular complexity index is 422. The first-order chi connectivity index (χ1) is 7.47. The van der Waals surface area contributed by atoms with Crippen molar-refractivity contribution in [3.05, 3.63) is 23.8 Å². The zero-order chi connectivity index (χ0) is 12.0. The molecule has 1 aliphatic rings. The third kappa shape index (κ3) is 1.35. The van der Waals surface area contributed by atoms with Crippen LogP contribution >= 0.6 is 0 Å². The van der Waals surface area contributed by atoms with Gasteiger partial charge >= 0.3 is 0 Å². The van der Waals surface area contributed by atoms with Gasteiger partial charge in [-0.25, -0.2) is 8.78 Å². The van der Waals surface area contributed by atoms with E-state index < -0.39 is 11.3 Å². The fourth-order valence-corrected chi connectivity index (χ4v) is 1.98. The van der Waals surface area contributed by atoms with E-state index in [-0.39, 0.29) is 24.5 Å². The van der Waals surface area contributed by atoms with E-state index in [1.807, 2.05) is 0 Å². The molecule has 1 aromatic rings. The molecule has 1 saturated carbocycles. The lowest BCUT2D eigenvalue weighted by atomic mass is 9.95. The first-order valence-corrected chi connectivity index (χ1v) is 4.92. The van der Waals surface area contributed by atoms with Crippen LogP contribution in [0, 0.1) is 0 Å². The van der Waals surface area contributed by atoms with E-state index >= 15 is 0 Å². The van der Waals surface area contributed by atoms with Gasteiger partial charge in [0.2, 0.25) is 0 Å². The number of nitrogens with two attached hydrogens (primary N) is 1. The molecule has 16 heavy (non-hydrogen) atoms. The Balaban J connectivity index is 2.39. The molecule has 0 amide bonds. The van der Waals surface area contributed by atoms with Gasteiger partial charge < -0.3 is 15.6 Å². The van der Waals surface area contributed by atoms with Gasteiger partial charge in [-0.2, -0.15) is 0 Å². The monoisotopic (exact) mass is 229 g/mol. The molecule has 0 spiro atoms. The molecule has 1 aliphatic carbocycles. The van der Waals surface area contributed by atoms with E-state index in [1.165, 1.54) is 25.3 Å². The summed E-state index contributed by atoms with van der Waals surface area (Å²) in [5.41, 5.74) is 4.45. The van der Waals surface area contributed by atoms with E-state index in [9.17, 15) is 13.9 Å². The van der Waals surface area contributed by atoms with Crippen molar-refractivity contribution in [2.45, 2.75) is 17.8 Å². The minimum absolute atomic E-state index is 0.133. The molecule has 1 unspecified atom stereocenters. The van der Waals surface area contributed by atoms with E-state index in [1.54, 1.807) is 0 Å². The molecule has 1 fully saturated rings. The summed E-state index contributed by atoms with van der Waals surface area (Å²) in [5.74, 6) is -2.65. The molecule has 0 heterocycles. The van der Waals surface area contributed by atoms with Gasteiger partial charge in [0.05, 0.1) is 12.5 Å². The SMILES string of the molecule is COc1ccc(C2(CN)CC2(F)F)cc1O. The van der Waals surface area contributed by atoms with Crippen molar-refractivity contribution in [1.82, 2.24) is 0 Å². The van der Waals surface area contributed by atoms with Gasteiger partial charge in [0.15, 0.2) is 11.5 Å². The number of alkyl halides is 2. The Morgan fingerprint density at radius 2 is 2.12 bits per heavy atom. The number of hydrogen-bond donors (Lipinski definition) is 2. The summed E-state index contributed by atoms with van der Waals surface area (Å²) < 4.78 is 31.4. The van der Waals surface area contributed by atoms with Gasteiger partial charge in [0, 0.05) is 13.0 Å². The van der Waals surface area contributed by atoms with E-state index in [2.05, 4.69) is 0 Å². The smallest absolute Gasteiger partial charge is 0.260 e. The molecule has 0 bridgehead atoms. The van der Waals surface area contributed by atoms with E-state index in [0.717, 1.165) is 0 Å². The Hall–Kier alpha value is -1.36. The molecule has 0 aliphatic heterocycles. The number of hydrogen-bond acceptors (Lipinski definition) is 3. The van der Waals surface area contributed by atoms with Crippen molar-refractivity contribution in [1.29, 1.82) is 0 Å². The molecule has 3 N–H and O–H groups in total. The number of halogens is 2. The molecule has 0 radical (unpaired) electrons. The number of ether oxygens (including phenoxy) is 1. The summed E-state index contributed by atoms with van der Waals surface area (Å²) in [6.07, 6.45) is -0.262. The highest BCUT2D eigenvalue weighted by Crippen LogP contribution is 2.61. The fourth-order valence-electron chi connectivity index (χ4n) is 1.98. The standard InChI is InChI=1S/C11H13F2NO2/c1-16-9-3-2-7(4-8(9)15)10(6-14)5-11(10,12)13/h2-4,15H,5-6,14H2,1H3. The van der Waals surface area contributed by atoms with Crippen LogP contribution in [0.1, 0.15) is 12.0 Å². The van der Waals surface area contributed by atoms with Crippen LogP contribution in [-0.2, 0) is 5.41 Å². The Kier molecular flexibility index (Phi) is 2.31. The van der Waals surface area contributed by atoms with Crippen molar-refractivity contribution in [3.63, 3.8) is 0 Å². The second kappa shape index (κ2) is 3.31. The number of phenolic OH excluding ortho intramolecular Hbond substituents is 1. The summed E-state index contributed by atoms with van der Waals surface area (Å²) in [7, 11) is 1.40. The minimum atomic E-state index is -2.78. The lowest BCUT2D eigenvalue weighted by Crippen LogP contribution is -2.26. The first kappa shape index (κ1) is 11.1. The zero-order valence-electron chi connectivity index (χ0n) is 8.84. The maximum Gasteiger partial charge on any atom is 0.260 e. The molecule has 3 nitrogen and oxygen atoms in total. The second-order valence-corrected chi connectivity index (χ2v) is 4.05. The average Bonchev–Trinajstić information content (AvgIpc) is 2.82. The van der Waals surface area contributed by atoms with Gasteiger partial charge in [0.25, 0.3) is 5.92 Å². The quantitative estimate of drug-likeness (QED) is 0.828. The second-order valence-electron chi connectivity index (χ2n) is 4.05. The van der Waals surface area contributed by atoms with Crippen molar-refractivity contribution in [3.8, 4) is 11.5 Å². The topological polar surface area (TPSA) is 55.5 Å². The molecule has 88 valence electrons. The largest absolute Gasteiger partial charge is 0.504 e. The van der Waals surface area contributed by atoms with Crippen molar-refractivity contribution < 1.29 is 18.6 Å². The summed E-state index contributed by atoms with van der Waals surface area (Å²) >= 11 is 0.